The van der Waals surface area contributed by atoms with Crippen LogP contribution in [0.3, 0.4) is 0 Å². The fourth-order valence-electron chi connectivity index (χ4n) is 5.28. The zero-order chi connectivity index (χ0) is 24.0. The predicted molar refractivity (Wildman–Crippen MR) is 133 cm³/mol. The van der Waals surface area contributed by atoms with Gasteiger partial charge in [0, 0.05) is 55.6 Å². The lowest BCUT2D eigenvalue weighted by atomic mass is 9.84. The smallest absolute Gasteiger partial charge is 0.265 e. The molecule has 0 radical (unpaired) electrons. The predicted octanol–water partition coefficient (Wildman–Crippen LogP) is 3.77. The Bertz CT molecular complexity index is 1420. The van der Waals surface area contributed by atoms with E-state index in [2.05, 4.69) is 31.0 Å². The zero-order valence-corrected chi connectivity index (χ0v) is 20.5. The van der Waals surface area contributed by atoms with Crippen LogP contribution in [0.4, 0.5) is 0 Å². The van der Waals surface area contributed by atoms with E-state index in [0.29, 0.717) is 35.5 Å². The molecule has 0 unspecified atom stereocenters. The second-order valence-corrected chi connectivity index (χ2v) is 10.5. The third-order valence-electron chi connectivity index (χ3n) is 7.18. The molecule has 2 aliphatic rings. The number of thiophene rings is 1. The van der Waals surface area contributed by atoms with Crippen molar-refractivity contribution in [2.75, 3.05) is 26.2 Å². The highest BCUT2D eigenvalue weighted by atomic mass is 35.5. The van der Waals surface area contributed by atoms with Gasteiger partial charge in [0.1, 0.15) is 22.4 Å². The Kier molecular flexibility index (Phi) is 5.56. The topological polar surface area (TPSA) is 107 Å². The number of fused-ring (bicyclic) bond motifs is 1. The Morgan fingerprint density at radius 3 is 2.86 bits per heavy atom. The van der Waals surface area contributed by atoms with Crippen LogP contribution in [0.15, 0.2) is 42.4 Å². The number of aromatic amines is 1. The maximum Gasteiger partial charge on any atom is 0.265 e. The molecule has 6 rings (SSSR count). The van der Waals surface area contributed by atoms with Crippen LogP contribution >= 0.6 is 22.9 Å². The van der Waals surface area contributed by atoms with Gasteiger partial charge in [-0.05, 0) is 30.4 Å². The van der Waals surface area contributed by atoms with Crippen molar-refractivity contribution in [1.29, 1.82) is 5.26 Å². The van der Waals surface area contributed by atoms with Crippen molar-refractivity contribution >= 4 is 39.9 Å². The average molecular weight is 507 g/mol. The number of halogens is 1. The van der Waals surface area contributed by atoms with Crippen molar-refractivity contribution in [3.63, 3.8) is 0 Å². The Morgan fingerprint density at radius 2 is 2.11 bits per heavy atom. The molecule has 2 saturated heterocycles. The summed E-state index contributed by atoms with van der Waals surface area (Å²) in [5.41, 5.74) is 2.17. The van der Waals surface area contributed by atoms with Crippen molar-refractivity contribution in [3.8, 4) is 17.3 Å². The van der Waals surface area contributed by atoms with Crippen LogP contribution in [0.25, 0.3) is 22.3 Å². The Morgan fingerprint density at radius 1 is 1.29 bits per heavy atom. The normalized spacial score (nSPS) is 18.5. The van der Waals surface area contributed by atoms with E-state index in [1.54, 1.807) is 12.4 Å². The van der Waals surface area contributed by atoms with Gasteiger partial charge in [0.05, 0.1) is 29.4 Å². The van der Waals surface area contributed by atoms with Gasteiger partial charge >= 0.3 is 0 Å². The SMILES string of the molecule is N#CCC1(n2cc(-c3ncnc4[nH]ccc34)cn2)CN(C2CCN(C(=O)c3sccc3Cl)CC2)C1. The number of aromatic nitrogens is 5. The van der Waals surface area contributed by atoms with Gasteiger partial charge < -0.3 is 9.88 Å². The number of hydrogen-bond donors (Lipinski definition) is 1. The zero-order valence-electron chi connectivity index (χ0n) is 18.9. The molecule has 11 heteroatoms. The molecule has 1 amide bonds. The lowest BCUT2D eigenvalue weighted by Crippen LogP contribution is -2.66. The Labute approximate surface area is 211 Å². The molecule has 0 saturated carbocycles. The van der Waals surface area contributed by atoms with Crippen molar-refractivity contribution in [2.24, 2.45) is 0 Å². The van der Waals surface area contributed by atoms with E-state index in [9.17, 15) is 10.1 Å². The van der Waals surface area contributed by atoms with E-state index >= 15 is 0 Å². The molecule has 0 atom stereocenters. The summed E-state index contributed by atoms with van der Waals surface area (Å²) in [6.07, 6.45) is 9.42. The molecule has 6 heterocycles. The lowest BCUT2D eigenvalue weighted by molar-refractivity contribution is -0.0412. The molecular weight excluding hydrogens is 484 g/mol. The fraction of sp³-hybridized carbons (Fsp3) is 0.375. The summed E-state index contributed by atoms with van der Waals surface area (Å²) in [7, 11) is 0. The molecule has 0 bridgehead atoms. The van der Waals surface area contributed by atoms with Gasteiger partial charge in [0.15, 0.2) is 0 Å². The molecule has 0 aromatic carbocycles. The van der Waals surface area contributed by atoms with Gasteiger partial charge in [-0.1, -0.05) is 11.6 Å². The second kappa shape index (κ2) is 8.75. The summed E-state index contributed by atoms with van der Waals surface area (Å²) in [4.78, 5) is 29.6. The number of rotatable bonds is 5. The number of nitriles is 1. The number of H-pyrrole nitrogens is 1. The van der Waals surface area contributed by atoms with Gasteiger partial charge in [0.2, 0.25) is 0 Å². The number of hydrogen-bond acceptors (Lipinski definition) is 7. The first kappa shape index (κ1) is 22.2. The quantitative estimate of drug-likeness (QED) is 0.441. The van der Waals surface area contributed by atoms with Crippen LogP contribution in [0.5, 0.6) is 0 Å². The highest BCUT2D eigenvalue weighted by molar-refractivity contribution is 7.12. The molecule has 1 N–H and O–H groups in total. The molecule has 9 nitrogen and oxygen atoms in total. The van der Waals surface area contributed by atoms with Gasteiger partial charge in [-0.3, -0.25) is 14.4 Å². The number of piperidine rings is 1. The largest absolute Gasteiger partial charge is 0.346 e. The lowest BCUT2D eigenvalue weighted by Gasteiger charge is -2.53. The summed E-state index contributed by atoms with van der Waals surface area (Å²) in [5.74, 6) is 0.0243. The van der Waals surface area contributed by atoms with Crippen LogP contribution < -0.4 is 0 Å². The molecule has 0 spiro atoms. The van der Waals surface area contributed by atoms with E-state index in [0.717, 1.165) is 48.2 Å². The Balaban J connectivity index is 1.14. The highest BCUT2D eigenvalue weighted by Crippen LogP contribution is 2.37. The van der Waals surface area contributed by atoms with Gasteiger partial charge in [-0.2, -0.15) is 10.4 Å². The molecule has 35 heavy (non-hydrogen) atoms. The standard InChI is InChI=1S/C24H23ClN8OS/c25-19-4-10-35-21(19)23(34)31-8-2-17(3-9-31)32-13-24(14-32,5-6-26)33-12-16(11-30-33)20-18-1-7-27-22(18)29-15-28-20/h1,4,7,10-12,15,17H,2-3,5,8-9,13-14H2,(H,27,28,29). The first-order valence-electron chi connectivity index (χ1n) is 11.5. The van der Waals surface area contributed by atoms with Crippen molar-refractivity contribution in [2.45, 2.75) is 30.8 Å². The number of amides is 1. The van der Waals surface area contributed by atoms with Crippen molar-refractivity contribution in [3.05, 3.63) is 52.3 Å². The monoisotopic (exact) mass is 506 g/mol. The molecule has 0 aliphatic carbocycles. The summed E-state index contributed by atoms with van der Waals surface area (Å²) in [5, 5.41) is 17.6. The van der Waals surface area contributed by atoms with Crippen LogP contribution in [0.1, 0.15) is 28.9 Å². The van der Waals surface area contributed by atoms with Crippen LogP contribution in [0, 0.1) is 11.3 Å². The van der Waals surface area contributed by atoms with E-state index < -0.39 is 0 Å². The van der Waals surface area contributed by atoms with Crippen molar-refractivity contribution < 1.29 is 4.79 Å². The maximum atomic E-state index is 12.8. The molecular formula is C24H23ClN8OS. The molecule has 178 valence electrons. The first-order chi connectivity index (χ1) is 17.1. The van der Waals surface area contributed by atoms with E-state index in [-0.39, 0.29) is 11.4 Å². The second-order valence-electron chi connectivity index (χ2n) is 9.22. The maximum absolute atomic E-state index is 12.8. The van der Waals surface area contributed by atoms with Crippen LogP contribution in [-0.4, -0.2) is 72.7 Å². The van der Waals surface area contributed by atoms with E-state index in [1.165, 1.54) is 11.3 Å². The number of likely N-dealkylation sites (tertiary alicyclic amines) is 2. The minimum Gasteiger partial charge on any atom is -0.346 e. The third kappa shape index (κ3) is 3.80. The number of nitrogens with one attached hydrogen (secondary N) is 1. The molecule has 2 fully saturated rings. The first-order valence-corrected chi connectivity index (χ1v) is 12.8. The van der Waals surface area contributed by atoms with Gasteiger partial charge in [0.25, 0.3) is 5.91 Å². The number of carbonyl (C=O) groups is 1. The Hall–Kier alpha value is -3.26. The number of carbonyl (C=O) groups excluding carboxylic acids is 1. The summed E-state index contributed by atoms with van der Waals surface area (Å²) >= 11 is 7.55. The summed E-state index contributed by atoms with van der Waals surface area (Å²) in [6, 6.07) is 6.49. The van der Waals surface area contributed by atoms with Crippen LogP contribution in [0.2, 0.25) is 5.02 Å². The molecule has 4 aromatic rings. The van der Waals surface area contributed by atoms with E-state index in [1.807, 2.05) is 39.6 Å². The number of nitrogens with zero attached hydrogens (tertiary/aromatic N) is 7. The molecule has 2 aliphatic heterocycles. The third-order valence-corrected chi connectivity index (χ3v) is 8.51. The minimum atomic E-state index is -0.352. The van der Waals surface area contributed by atoms with Crippen LogP contribution in [-0.2, 0) is 5.54 Å². The summed E-state index contributed by atoms with van der Waals surface area (Å²) in [6.45, 7) is 2.96. The van der Waals surface area contributed by atoms with Gasteiger partial charge in [-0.25, -0.2) is 9.97 Å². The average Bonchev–Trinajstić information content (AvgIpc) is 3.61. The highest BCUT2D eigenvalue weighted by Gasteiger charge is 2.48. The van der Waals surface area contributed by atoms with Gasteiger partial charge in [-0.15, -0.1) is 11.3 Å². The minimum absolute atomic E-state index is 0.0243. The molecule has 4 aromatic heterocycles. The fourth-order valence-corrected chi connectivity index (χ4v) is 6.39. The summed E-state index contributed by atoms with van der Waals surface area (Å²) < 4.78 is 1.94. The van der Waals surface area contributed by atoms with E-state index in [4.69, 9.17) is 11.6 Å². The van der Waals surface area contributed by atoms with Crippen molar-refractivity contribution in [1.82, 2.24) is 34.5 Å².